The zero-order chi connectivity index (χ0) is 13.1. The van der Waals surface area contributed by atoms with Crippen LogP contribution < -0.4 is 10.5 Å². The van der Waals surface area contributed by atoms with E-state index in [0.717, 1.165) is 0 Å². The Morgan fingerprint density at radius 1 is 1.44 bits per heavy atom. The molecule has 2 aromatic rings. The van der Waals surface area contributed by atoms with E-state index in [2.05, 4.69) is 15.1 Å². The summed E-state index contributed by atoms with van der Waals surface area (Å²) in [6.45, 7) is 3.77. The number of nitrogen functional groups attached to an aromatic ring is 1. The van der Waals surface area contributed by atoms with Crippen molar-refractivity contribution in [3.05, 3.63) is 24.3 Å². The van der Waals surface area contributed by atoms with Crippen LogP contribution in [-0.4, -0.2) is 25.9 Å². The van der Waals surface area contributed by atoms with E-state index in [4.69, 9.17) is 15.7 Å². The fraction of sp³-hybridized carbons (Fsp3) is 0.273. The maximum absolute atomic E-state index is 8.66. The van der Waals surface area contributed by atoms with Crippen LogP contribution in [-0.2, 0) is 0 Å². The van der Waals surface area contributed by atoms with Crippen LogP contribution in [0, 0.1) is 11.3 Å². The number of anilines is 1. The molecule has 7 heteroatoms. The molecule has 0 saturated heterocycles. The Morgan fingerprint density at radius 3 is 2.83 bits per heavy atom. The number of rotatable bonds is 3. The van der Waals surface area contributed by atoms with Gasteiger partial charge in [-0.1, -0.05) is 0 Å². The molecule has 0 fully saturated rings. The van der Waals surface area contributed by atoms with Crippen molar-refractivity contribution in [2.45, 2.75) is 20.0 Å². The van der Waals surface area contributed by atoms with Gasteiger partial charge >= 0.3 is 0 Å². The molecule has 18 heavy (non-hydrogen) atoms. The van der Waals surface area contributed by atoms with Gasteiger partial charge in [-0.05, 0) is 26.0 Å². The maximum Gasteiger partial charge on any atom is 0.252 e. The largest absolute Gasteiger partial charge is 0.473 e. The van der Waals surface area contributed by atoms with E-state index >= 15 is 0 Å². The number of hydrogen-bond acceptors (Lipinski definition) is 6. The predicted octanol–water partition coefficient (Wildman–Crippen LogP) is 0.903. The normalized spacial score (nSPS) is 10.3. The summed E-state index contributed by atoms with van der Waals surface area (Å²) in [6, 6.07) is 5.20. The lowest BCUT2D eigenvalue weighted by Gasteiger charge is -2.11. The van der Waals surface area contributed by atoms with E-state index in [9.17, 15) is 0 Å². The van der Waals surface area contributed by atoms with E-state index in [-0.39, 0.29) is 11.9 Å². The quantitative estimate of drug-likeness (QED) is 0.860. The number of nitrogens with zero attached hydrogens (tertiary/aromatic N) is 5. The molecule has 0 atom stereocenters. The first-order valence-corrected chi connectivity index (χ1v) is 5.35. The summed E-state index contributed by atoms with van der Waals surface area (Å²) in [4.78, 5) is 8.04. The van der Waals surface area contributed by atoms with Gasteiger partial charge in [-0.3, -0.25) is 0 Å². The van der Waals surface area contributed by atoms with Gasteiger partial charge in [0.2, 0.25) is 5.88 Å². The Bertz CT molecular complexity index is 598. The molecule has 0 unspecified atom stereocenters. The van der Waals surface area contributed by atoms with E-state index in [1.807, 2.05) is 19.9 Å². The van der Waals surface area contributed by atoms with Crippen molar-refractivity contribution in [3.63, 3.8) is 0 Å². The summed E-state index contributed by atoms with van der Waals surface area (Å²) in [7, 11) is 0. The summed E-state index contributed by atoms with van der Waals surface area (Å²) < 4.78 is 6.87. The second-order valence-electron chi connectivity index (χ2n) is 3.85. The highest BCUT2D eigenvalue weighted by molar-refractivity contribution is 5.50. The maximum atomic E-state index is 8.66. The zero-order valence-corrected chi connectivity index (χ0v) is 10.0. The zero-order valence-electron chi connectivity index (χ0n) is 10.0. The molecule has 2 rings (SSSR count). The topological polar surface area (TPSA) is 103 Å². The molecule has 92 valence electrons. The summed E-state index contributed by atoms with van der Waals surface area (Å²) in [6.07, 6.45) is 1.39. The van der Waals surface area contributed by atoms with E-state index in [1.165, 1.54) is 11.0 Å². The van der Waals surface area contributed by atoms with Gasteiger partial charge in [0.1, 0.15) is 12.4 Å². The number of aromatic nitrogens is 4. The molecular formula is C11H12N6O. The molecule has 0 amide bonds. The number of hydrogen-bond donors (Lipinski definition) is 1. The number of nitrogens with two attached hydrogens (primary N) is 1. The van der Waals surface area contributed by atoms with Gasteiger partial charge in [-0.15, -0.1) is 5.10 Å². The van der Waals surface area contributed by atoms with Crippen LogP contribution in [0.25, 0.3) is 5.82 Å². The highest BCUT2D eigenvalue weighted by atomic mass is 16.5. The van der Waals surface area contributed by atoms with Gasteiger partial charge in [-0.2, -0.15) is 10.2 Å². The van der Waals surface area contributed by atoms with Crippen LogP contribution in [0.15, 0.2) is 18.5 Å². The SMILES string of the molecule is CC(C)Oc1nc(-n2cnc(C#N)n2)ccc1N. The molecule has 7 nitrogen and oxygen atoms in total. The van der Waals surface area contributed by atoms with Crippen LogP contribution in [0.2, 0.25) is 0 Å². The van der Waals surface area contributed by atoms with Crippen LogP contribution in [0.4, 0.5) is 5.69 Å². The van der Waals surface area contributed by atoms with Crippen molar-refractivity contribution in [2.75, 3.05) is 5.73 Å². The molecule has 2 heterocycles. The first-order valence-electron chi connectivity index (χ1n) is 5.35. The number of ether oxygens (including phenoxy) is 1. The molecular weight excluding hydrogens is 232 g/mol. The van der Waals surface area contributed by atoms with Gasteiger partial charge < -0.3 is 10.5 Å². The fourth-order valence-corrected chi connectivity index (χ4v) is 1.31. The van der Waals surface area contributed by atoms with Gasteiger partial charge in [0.25, 0.3) is 5.82 Å². The number of nitriles is 1. The fourth-order valence-electron chi connectivity index (χ4n) is 1.31. The lowest BCUT2D eigenvalue weighted by atomic mass is 10.4. The van der Waals surface area contributed by atoms with Crippen molar-refractivity contribution in [1.29, 1.82) is 5.26 Å². The summed E-state index contributed by atoms with van der Waals surface area (Å²) in [5, 5.41) is 12.6. The first kappa shape index (κ1) is 11.9. The minimum absolute atomic E-state index is 0.0273. The third kappa shape index (κ3) is 2.38. The molecule has 0 aliphatic heterocycles. The first-order chi connectivity index (χ1) is 8.60. The molecule has 0 spiro atoms. The monoisotopic (exact) mass is 244 g/mol. The standard InChI is InChI=1S/C11H12N6O/c1-7(2)18-11-8(13)3-4-10(15-11)17-6-14-9(5-12)16-17/h3-4,6-7H,13H2,1-2H3. The van der Waals surface area contributed by atoms with Gasteiger partial charge in [0.05, 0.1) is 11.8 Å². The molecule has 0 aliphatic carbocycles. The third-order valence-corrected chi connectivity index (χ3v) is 2.05. The highest BCUT2D eigenvalue weighted by Crippen LogP contribution is 2.21. The van der Waals surface area contributed by atoms with Crippen molar-refractivity contribution in [1.82, 2.24) is 19.7 Å². The van der Waals surface area contributed by atoms with E-state index in [1.54, 1.807) is 12.1 Å². The number of pyridine rings is 1. The second kappa shape index (κ2) is 4.71. The lowest BCUT2D eigenvalue weighted by molar-refractivity contribution is 0.234. The smallest absolute Gasteiger partial charge is 0.252 e. The van der Waals surface area contributed by atoms with Crippen LogP contribution in [0.5, 0.6) is 5.88 Å². The Balaban J connectivity index is 2.37. The Labute approximate surface area is 104 Å². The Morgan fingerprint density at radius 2 is 2.22 bits per heavy atom. The van der Waals surface area contributed by atoms with E-state index < -0.39 is 0 Å². The molecule has 0 aromatic carbocycles. The van der Waals surface area contributed by atoms with Gasteiger partial charge in [-0.25, -0.2) is 9.67 Å². The molecule has 2 N–H and O–H groups in total. The third-order valence-electron chi connectivity index (χ3n) is 2.05. The van der Waals surface area contributed by atoms with Crippen LogP contribution >= 0.6 is 0 Å². The Kier molecular flexibility index (Phi) is 3.10. The highest BCUT2D eigenvalue weighted by Gasteiger charge is 2.09. The predicted molar refractivity (Wildman–Crippen MR) is 64.0 cm³/mol. The summed E-state index contributed by atoms with van der Waals surface area (Å²) in [5.41, 5.74) is 6.21. The van der Waals surface area contributed by atoms with E-state index in [0.29, 0.717) is 17.4 Å². The minimum atomic E-state index is -0.0273. The molecule has 0 aliphatic rings. The van der Waals surface area contributed by atoms with Crippen LogP contribution in [0.3, 0.4) is 0 Å². The lowest BCUT2D eigenvalue weighted by Crippen LogP contribution is -2.10. The average Bonchev–Trinajstić information content (AvgIpc) is 2.80. The summed E-state index contributed by atoms with van der Waals surface area (Å²) >= 11 is 0. The van der Waals surface area contributed by atoms with Crippen molar-refractivity contribution >= 4 is 5.69 Å². The minimum Gasteiger partial charge on any atom is -0.473 e. The molecule has 0 saturated carbocycles. The van der Waals surface area contributed by atoms with Crippen LogP contribution in [0.1, 0.15) is 19.7 Å². The average molecular weight is 244 g/mol. The summed E-state index contributed by atoms with van der Waals surface area (Å²) in [5.74, 6) is 0.922. The van der Waals surface area contributed by atoms with Crippen molar-refractivity contribution < 1.29 is 4.74 Å². The second-order valence-corrected chi connectivity index (χ2v) is 3.85. The van der Waals surface area contributed by atoms with Crippen molar-refractivity contribution in [2.24, 2.45) is 0 Å². The van der Waals surface area contributed by atoms with Gasteiger partial charge in [0.15, 0.2) is 5.82 Å². The Hall–Kier alpha value is -2.62. The molecule has 0 bridgehead atoms. The molecule has 0 radical (unpaired) electrons. The van der Waals surface area contributed by atoms with Gasteiger partial charge in [0, 0.05) is 0 Å². The van der Waals surface area contributed by atoms with Crippen molar-refractivity contribution in [3.8, 4) is 17.8 Å². The molecule has 2 aromatic heterocycles.